The summed E-state index contributed by atoms with van der Waals surface area (Å²) in [6.07, 6.45) is 10.00. The predicted octanol–water partition coefficient (Wildman–Crippen LogP) is 6.16. The summed E-state index contributed by atoms with van der Waals surface area (Å²) in [7, 11) is 1.68. The van der Waals surface area contributed by atoms with Gasteiger partial charge in [0.05, 0.1) is 7.11 Å². The zero-order chi connectivity index (χ0) is 23.1. The highest BCUT2D eigenvalue weighted by Gasteiger charge is 2.32. The number of hydrogen-bond acceptors (Lipinski definition) is 4. The average molecular weight is 438 g/mol. The Labute approximate surface area is 193 Å². The number of benzene rings is 1. The molecule has 1 aromatic heterocycles. The molecule has 1 aliphatic carbocycles. The van der Waals surface area contributed by atoms with Crippen LogP contribution in [0.15, 0.2) is 30.9 Å². The van der Waals surface area contributed by atoms with E-state index in [1.165, 1.54) is 19.3 Å². The van der Waals surface area contributed by atoms with Crippen molar-refractivity contribution in [3.05, 3.63) is 53.6 Å². The number of hydrogen-bond donors (Lipinski definition) is 0. The fourth-order valence-corrected chi connectivity index (χ4v) is 4.38. The highest BCUT2D eigenvalue weighted by atomic mass is 16.5. The van der Waals surface area contributed by atoms with Crippen LogP contribution in [0.3, 0.4) is 0 Å². The Hall–Kier alpha value is -2.43. The molecular formula is C27H39N3O2. The van der Waals surface area contributed by atoms with Crippen LogP contribution in [-0.4, -0.2) is 27.7 Å². The number of allylic oxidation sites excluding steroid dienone is 1. The highest BCUT2D eigenvalue weighted by Crippen LogP contribution is 2.39. The van der Waals surface area contributed by atoms with Crippen LogP contribution >= 0.6 is 0 Å². The average Bonchev–Trinajstić information content (AvgIpc) is 3.51. The minimum atomic E-state index is 0.0480. The van der Waals surface area contributed by atoms with Gasteiger partial charge >= 0.3 is 0 Å². The van der Waals surface area contributed by atoms with Crippen LogP contribution in [0.1, 0.15) is 93.5 Å². The van der Waals surface area contributed by atoms with Crippen molar-refractivity contribution >= 4 is 5.78 Å². The van der Waals surface area contributed by atoms with Gasteiger partial charge in [0.2, 0.25) is 0 Å². The number of carbonyl (C=O) groups excluding carboxylic acids is 1. The third-order valence-corrected chi connectivity index (χ3v) is 6.29. The minimum absolute atomic E-state index is 0.0480. The van der Waals surface area contributed by atoms with Crippen LogP contribution in [0.2, 0.25) is 0 Å². The molecule has 0 radical (unpaired) electrons. The molecule has 3 rings (SSSR count). The fraction of sp³-hybridized carbons (Fsp3) is 0.593. The zero-order valence-corrected chi connectivity index (χ0v) is 20.3. The monoisotopic (exact) mass is 437 g/mol. The van der Waals surface area contributed by atoms with Gasteiger partial charge < -0.3 is 9.30 Å². The van der Waals surface area contributed by atoms with Gasteiger partial charge in [-0.3, -0.25) is 4.79 Å². The molecule has 1 saturated carbocycles. The summed E-state index contributed by atoms with van der Waals surface area (Å²) in [5.41, 5.74) is 2.24. The summed E-state index contributed by atoms with van der Waals surface area (Å²) in [5.74, 6) is 3.94. The smallest absolute Gasteiger partial charge is 0.137 e. The van der Waals surface area contributed by atoms with Crippen LogP contribution in [0, 0.1) is 12.8 Å². The predicted molar refractivity (Wildman–Crippen MR) is 129 cm³/mol. The second-order valence-corrected chi connectivity index (χ2v) is 9.64. The van der Waals surface area contributed by atoms with E-state index in [1.54, 1.807) is 7.11 Å². The lowest BCUT2D eigenvalue weighted by molar-refractivity contribution is -0.119. The topological polar surface area (TPSA) is 57.0 Å². The molecule has 5 heteroatoms. The van der Waals surface area contributed by atoms with Crippen molar-refractivity contribution < 1.29 is 9.53 Å². The maximum absolute atomic E-state index is 13.0. The third kappa shape index (κ3) is 6.54. The van der Waals surface area contributed by atoms with Gasteiger partial charge in [-0.1, -0.05) is 38.5 Å². The minimum Gasteiger partial charge on any atom is -0.496 e. The van der Waals surface area contributed by atoms with Gasteiger partial charge in [-0.05, 0) is 62.1 Å². The van der Waals surface area contributed by atoms with Gasteiger partial charge in [-0.2, -0.15) is 0 Å². The largest absolute Gasteiger partial charge is 0.496 e. The maximum atomic E-state index is 13.0. The Kier molecular flexibility index (Phi) is 8.66. The molecule has 1 aliphatic rings. The van der Waals surface area contributed by atoms with Crippen LogP contribution < -0.4 is 4.74 Å². The molecule has 2 aromatic rings. The van der Waals surface area contributed by atoms with Crippen molar-refractivity contribution in [1.29, 1.82) is 0 Å². The van der Waals surface area contributed by atoms with Crippen molar-refractivity contribution in [3.8, 4) is 5.75 Å². The van der Waals surface area contributed by atoms with E-state index in [1.807, 2.05) is 19.1 Å². The molecule has 1 aromatic carbocycles. The van der Waals surface area contributed by atoms with E-state index in [0.717, 1.165) is 47.8 Å². The molecule has 0 amide bonds. The molecule has 0 N–H and O–H groups in total. The quantitative estimate of drug-likeness (QED) is 0.332. The van der Waals surface area contributed by atoms with Gasteiger partial charge in [0.1, 0.15) is 23.2 Å². The van der Waals surface area contributed by atoms with E-state index < -0.39 is 0 Å². The Balaban J connectivity index is 1.68. The first-order chi connectivity index (χ1) is 15.4. The van der Waals surface area contributed by atoms with E-state index in [9.17, 15) is 4.79 Å². The first-order valence-electron chi connectivity index (χ1n) is 12.1. The second kappa shape index (κ2) is 11.4. The highest BCUT2D eigenvalue weighted by molar-refractivity contribution is 5.79. The Bertz CT molecular complexity index is 912. The summed E-state index contributed by atoms with van der Waals surface area (Å²) in [6, 6.07) is 6.67. The van der Waals surface area contributed by atoms with Gasteiger partial charge in [0, 0.05) is 31.2 Å². The number of ketones is 1. The van der Waals surface area contributed by atoms with E-state index in [-0.39, 0.29) is 11.7 Å². The fourth-order valence-electron chi connectivity index (χ4n) is 4.38. The number of aryl methyl sites for hydroxylation is 3. The SMILES string of the molecule is C=CCC(CC(=O)CCc1ccc(C)cc1OC)c1nnc(CCCC(C)C)n1C1CC1. The van der Waals surface area contributed by atoms with Gasteiger partial charge in [-0.15, -0.1) is 16.8 Å². The number of ether oxygens (including phenoxy) is 1. The van der Waals surface area contributed by atoms with E-state index in [2.05, 4.69) is 47.3 Å². The number of rotatable bonds is 14. The Morgan fingerprint density at radius 2 is 2.06 bits per heavy atom. The van der Waals surface area contributed by atoms with Crippen LogP contribution in [0.4, 0.5) is 0 Å². The number of methoxy groups -OCH3 is 1. The summed E-state index contributed by atoms with van der Waals surface area (Å²) < 4.78 is 7.85. The van der Waals surface area contributed by atoms with Crippen molar-refractivity contribution in [1.82, 2.24) is 14.8 Å². The van der Waals surface area contributed by atoms with Gasteiger partial charge in [-0.25, -0.2) is 0 Å². The normalized spacial score (nSPS) is 14.5. The van der Waals surface area contributed by atoms with Crippen LogP contribution in [0.5, 0.6) is 5.75 Å². The second-order valence-electron chi connectivity index (χ2n) is 9.64. The van der Waals surface area contributed by atoms with Gasteiger partial charge in [0.25, 0.3) is 0 Å². The molecular weight excluding hydrogens is 398 g/mol. The Morgan fingerprint density at radius 1 is 1.28 bits per heavy atom. The van der Waals surface area contributed by atoms with E-state index in [4.69, 9.17) is 4.74 Å². The third-order valence-electron chi connectivity index (χ3n) is 6.29. The van der Waals surface area contributed by atoms with Gasteiger partial charge in [0.15, 0.2) is 0 Å². The molecule has 5 nitrogen and oxygen atoms in total. The zero-order valence-electron chi connectivity index (χ0n) is 20.3. The van der Waals surface area contributed by atoms with E-state index >= 15 is 0 Å². The lowest BCUT2D eigenvalue weighted by atomic mass is 9.94. The summed E-state index contributed by atoms with van der Waals surface area (Å²) in [5, 5.41) is 9.16. The number of nitrogens with zero attached hydrogens (tertiary/aromatic N) is 3. The molecule has 174 valence electrons. The first-order valence-corrected chi connectivity index (χ1v) is 12.1. The summed E-state index contributed by atoms with van der Waals surface area (Å²) in [4.78, 5) is 13.0. The molecule has 0 spiro atoms. The summed E-state index contributed by atoms with van der Waals surface area (Å²) in [6.45, 7) is 10.5. The molecule has 0 bridgehead atoms. The molecule has 1 unspecified atom stereocenters. The van der Waals surface area contributed by atoms with Crippen molar-refractivity contribution in [2.45, 2.75) is 90.5 Å². The molecule has 1 fully saturated rings. The maximum Gasteiger partial charge on any atom is 0.137 e. The van der Waals surface area contributed by atoms with Crippen molar-refractivity contribution in [2.75, 3.05) is 7.11 Å². The van der Waals surface area contributed by atoms with Crippen LogP contribution in [0.25, 0.3) is 0 Å². The molecule has 0 saturated heterocycles. The standard InChI is InChI=1S/C27H39N3O2/c1-6-8-22(18-24(31)16-13-21-12-11-20(4)17-25(21)32-5)27-29-28-26(10-7-9-19(2)3)30(27)23-14-15-23/h6,11-12,17,19,22-23H,1,7-10,13-16,18H2,2-5H3. The Morgan fingerprint density at radius 3 is 2.72 bits per heavy atom. The lowest BCUT2D eigenvalue weighted by Crippen LogP contribution is -2.14. The number of Topliss-reactive ketones (excluding diaryl/α,β-unsaturated/α-hetero) is 1. The number of carbonyl (C=O) groups is 1. The molecule has 0 aliphatic heterocycles. The van der Waals surface area contributed by atoms with Crippen molar-refractivity contribution in [2.24, 2.45) is 5.92 Å². The molecule has 1 atom stereocenters. The first kappa shape index (κ1) is 24.2. The van der Waals surface area contributed by atoms with E-state index in [0.29, 0.717) is 31.2 Å². The molecule has 1 heterocycles. The number of aromatic nitrogens is 3. The lowest BCUT2D eigenvalue weighted by Gasteiger charge is -2.17. The van der Waals surface area contributed by atoms with Crippen LogP contribution in [-0.2, 0) is 17.6 Å². The summed E-state index contributed by atoms with van der Waals surface area (Å²) >= 11 is 0. The van der Waals surface area contributed by atoms with Crippen molar-refractivity contribution in [3.63, 3.8) is 0 Å². The molecule has 32 heavy (non-hydrogen) atoms.